The van der Waals surface area contributed by atoms with E-state index in [1.54, 1.807) is 18.2 Å². The number of ether oxygens (including phenoxy) is 2. The topological polar surface area (TPSA) is 197 Å². The van der Waals surface area contributed by atoms with Crippen molar-refractivity contribution in [1.82, 2.24) is 19.9 Å². The highest BCUT2D eigenvalue weighted by Crippen LogP contribution is 2.30. The maximum absolute atomic E-state index is 11.0. The molecule has 0 aliphatic carbocycles. The maximum atomic E-state index is 11.0. The summed E-state index contributed by atoms with van der Waals surface area (Å²) in [5, 5.41) is 38.6. The first-order valence-electron chi connectivity index (χ1n) is 10.6. The molecule has 0 unspecified atom stereocenters. The Labute approximate surface area is 252 Å². The van der Waals surface area contributed by atoms with E-state index in [1.165, 1.54) is 57.2 Å². The van der Waals surface area contributed by atoms with Crippen molar-refractivity contribution >= 4 is 71.7 Å². The minimum absolute atomic E-state index is 0.0422. The molecule has 18 heteroatoms. The number of rotatable bonds is 6. The molecule has 2 N–H and O–H groups in total. The third kappa shape index (κ3) is 9.87. The molecule has 0 saturated heterocycles. The fourth-order valence-corrected chi connectivity index (χ4v) is 3.64. The predicted octanol–water partition coefficient (Wildman–Crippen LogP) is 4.11. The number of nitrogens with zero attached hydrogens (tertiary/aromatic N) is 6. The molecular formula is C22H18BBr3N6O8. The van der Waals surface area contributed by atoms with Crippen molar-refractivity contribution in [2.45, 2.75) is 0 Å². The highest BCUT2D eigenvalue weighted by molar-refractivity contribution is 9.11. The predicted molar refractivity (Wildman–Crippen MR) is 155 cm³/mol. The second kappa shape index (κ2) is 15.9. The summed E-state index contributed by atoms with van der Waals surface area (Å²) < 4.78 is 11.1. The van der Waals surface area contributed by atoms with Gasteiger partial charge in [-0.1, -0.05) is 6.07 Å². The van der Waals surface area contributed by atoms with Gasteiger partial charge in [0, 0.05) is 63.0 Å². The van der Waals surface area contributed by atoms with Gasteiger partial charge in [-0.3, -0.25) is 20.2 Å². The Kier molecular flexibility index (Phi) is 13.0. The second-order valence-electron chi connectivity index (χ2n) is 7.10. The largest absolute Gasteiger partial charge is 0.490 e. The van der Waals surface area contributed by atoms with E-state index >= 15 is 0 Å². The summed E-state index contributed by atoms with van der Waals surface area (Å²) >= 11 is 9.19. The zero-order chi connectivity index (χ0) is 29.8. The van der Waals surface area contributed by atoms with Crippen LogP contribution in [0.5, 0.6) is 11.8 Å². The third-order valence-corrected chi connectivity index (χ3v) is 5.98. The minimum atomic E-state index is -1.46. The molecule has 0 bridgehead atoms. The Morgan fingerprint density at radius 3 is 1.70 bits per heavy atom. The number of hydrogen-bond acceptors (Lipinski definition) is 12. The van der Waals surface area contributed by atoms with Crippen molar-refractivity contribution in [2.24, 2.45) is 0 Å². The van der Waals surface area contributed by atoms with Gasteiger partial charge in [0.15, 0.2) is 4.60 Å². The number of aromatic nitrogens is 4. The van der Waals surface area contributed by atoms with Crippen LogP contribution in [-0.2, 0) is 0 Å². The van der Waals surface area contributed by atoms with E-state index in [-0.39, 0.29) is 21.7 Å². The molecule has 4 aromatic rings. The molecule has 4 rings (SSSR count). The van der Waals surface area contributed by atoms with Crippen LogP contribution in [-0.4, -0.2) is 61.2 Å². The summed E-state index contributed by atoms with van der Waals surface area (Å²) in [5.74, 6) is 0.896. The fourth-order valence-electron chi connectivity index (χ4n) is 2.64. The Bertz CT molecular complexity index is 1450. The molecule has 0 atom stereocenters. The van der Waals surface area contributed by atoms with Crippen LogP contribution in [0.2, 0.25) is 0 Å². The molecule has 0 radical (unpaired) electrons. The van der Waals surface area contributed by atoms with Crippen LogP contribution in [0.15, 0.2) is 74.7 Å². The second-order valence-corrected chi connectivity index (χ2v) is 9.68. The van der Waals surface area contributed by atoms with Crippen molar-refractivity contribution in [3.63, 3.8) is 0 Å². The first-order valence-corrected chi connectivity index (χ1v) is 13.0. The third-order valence-electron chi connectivity index (χ3n) is 4.50. The zero-order valence-electron chi connectivity index (χ0n) is 20.5. The smallest absolute Gasteiger partial charge is 0.481 e. The lowest BCUT2D eigenvalue weighted by atomic mass is 9.82. The molecule has 0 aliphatic heterocycles. The first kappa shape index (κ1) is 32.6. The lowest BCUT2D eigenvalue weighted by Gasteiger charge is -2.03. The Morgan fingerprint density at radius 1 is 0.750 bits per heavy atom. The number of halogens is 3. The van der Waals surface area contributed by atoms with E-state index in [4.69, 9.17) is 19.5 Å². The molecule has 4 aromatic heterocycles. The summed E-state index contributed by atoms with van der Waals surface area (Å²) in [6, 6.07) is 9.20. The lowest BCUT2D eigenvalue weighted by Crippen LogP contribution is -2.29. The molecule has 0 amide bonds. The van der Waals surface area contributed by atoms with Crippen LogP contribution in [0.1, 0.15) is 0 Å². The standard InChI is InChI=1S/C11H8BrN3O3.C6H8BNO3.C5H2Br2N2O2/c1-18-10-3-2-7(5-13-10)11-9(15(16)17)4-8(12)6-14-11;1-11-6-3-2-5(4-8-6)7(9)10;6-3-1-4(9(10)11)5(7)8-2-3/h2-6H,1H3;2-4,9-10H,1H3;1-2H. The summed E-state index contributed by atoms with van der Waals surface area (Å²) in [5.41, 5.74) is 1.08. The molecule has 4 heterocycles. The number of nitro groups is 2. The van der Waals surface area contributed by atoms with E-state index < -0.39 is 17.0 Å². The molecular weight excluding hydrogens is 727 g/mol. The molecule has 0 spiro atoms. The highest BCUT2D eigenvalue weighted by Gasteiger charge is 2.18. The van der Waals surface area contributed by atoms with E-state index in [0.29, 0.717) is 31.7 Å². The van der Waals surface area contributed by atoms with Crippen molar-refractivity contribution in [1.29, 1.82) is 0 Å². The van der Waals surface area contributed by atoms with E-state index in [9.17, 15) is 20.2 Å². The van der Waals surface area contributed by atoms with E-state index in [0.717, 1.165) is 0 Å². The Balaban J connectivity index is 0.000000222. The normalized spacial score (nSPS) is 9.78. The summed E-state index contributed by atoms with van der Waals surface area (Å²) in [6.45, 7) is 0. The van der Waals surface area contributed by atoms with Gasteiger partial charge in [-0.05, 0) is 59.9 Å². The highest BCUT2D eigenvalue weighted by atomic mass is 79.9. The van der Waals surface area contributed by atoms with Crippen LogP contribution in [0.4, 0.5) is 11.4 Å². The molecule has 0 fully saturated rings. The summed E-state index contributed by atoms with van der Waals surface area (Å²) in [6.07, 6.45) is 5.83. The minimum Gasteiger partial charge on any atom is -0.481 e. The quantitative estimate of drug-likeness (QED) is 0.124. The van der Waals surface area contributed by atoms with Gasteiger partial charge in [0.05, 0.1) is 24.1 Å². The Hall–Kier alpha value is -3.58. The molecule has 0 saturated carbocycles. The van der Waals surface area contributed by atoms with Gasteiger partial charge in [0.2, 0.25) is 11.8 Å². The molecule has 40 heavy (non-hydrogen) atoms. The van der Waals surface area contributed by atoms with Gasteiger partial charge in [0.25, 0.3) is 5.69 Å². The molecule has 0 aromatic carbocycles. The van der Waals surface area contributed by atoms with Crippen molar-refractivity contribution in [2.75, 3.05) is 14.2 Å². The van der Waals surface area contributed by atoms with Crippen molar-refractivity contribution in [3.05, 3.63) is 95.0 Å². The van der Waals surface area contributed by atoms with Gasteiger partial charge >= 0.3 is 12.8 Å². The molecule has 0 aliphatic rings. The van der Waals surface area contributed by atoms with E-state index in [1.807, 2.05) is 0 Å². The Morgan fingerprint density at radius 2 is 1.27 bits per heavy atom. The van der Waals surface area contributed by atoms with Crippen LogP contribution < -0.4 is 14.9 Å². The zero-order valence-corrected chi connectivity index (χ0v) is 25.3. The molecule has 208 valence electrons. The van der Waals surface area contributed by atoms with Crippen molar-refractivity contribution < 1.29 is 29.4 Å². The fraction of sp³-hybridized carbons (Fsp3) is 0.0909. The molecule has 14 nitrogen and oxygen atoms in total. The van der Waals surface area contributed by atoms with Crippen LogP contribution in [0.3, 0.4) is 0 Å². The van der Waals surface area contributed by atoms with E-state index in [2.05, 4.69) is 67.7 Å². The van der Waals surface area contributed by atoms with Crippen LogP contribution in [0, 0.1) is 20.2 Å². The number of hydrogen-bond donors (Lipinski definition) is 2. The number of methoxy groups -OCH3 is 2. The monoisotopic (exact) mass is 742 g/mol. The first-order chi connectivity index (χ1) is 19.0. The van der Waals surface area contributed by atoms with Crippen LogP contribution in [0.25, 0.3) is 11.3 Å². The summed E-state index contributed by atoms with van der Waals surface area (Å²) in [7, 11) is 1.54. The lowest BCUT2D eigenvalue weighted by molar-refractivity contribution is -0.386. The number of pyridine rings is 4. The average Bonchev–Trinajstić information content (AvgIpc) is 2.95. The van der Waals surface area contributed by atoms with Crippen molar-refractivity contribution in [3.8, 4) is 23.0 Å². The van der Waals surface area contributed by atoms with Gasteiger partial charge in [-0.15, -0.1) is 0 Å². The average molecular weight is 745 g/mol. The van der Waals surface area contributed by atoms with Crippen LogP contribution >= 0.6 is 47.8 Å². The maximum Gasteiger partial charge on any atom is 0.490 e. The SMILES string of the molecule is COc1ccc(-c2ncc(Br)cc2[N+](=O)[O-])cn1.COc1ccc(B(O)O)cn1.O=[N+]([O-])c1cc(Br)cnc1Br. The van der Waals surface area contributed by atoms with Gasteiger partial charge in [0.1, 0.15) is 5.69 Å². The summed E-state index contributed by atoms with van der Waals surface area (Å²) in [4.78, 5) is 35.8. The van der Waals surface area contributed by atoms with Gasteiger partial charge in [-0.25, -0.2) is 19.9 Å². The van der Waals surface area contributed by atoms with Gasteiger partial charge in [-0.2, -0.15) is 0 Å². The van der Waals surface area contributed by atoms with Gasteiger partial charge < -0.3 is 19.5 Å².